The summed E-state index contributed by atoms with van der Waals surface area (Å²) < 4.78 is 0. The average Bonchev–Trinajstić information content (AvgIpc) is 2.90. The Kier molecular flexibility index (Phi) is 7.09. The van der Waals surface area contributed by atoms with Crippen LogP contribution in [-0.2, 0) is 0 Å². The first kappa shape index (κ1) is 21.8. The molecule has 0 spiro atoms. The Bertz CT molecular complexity index is 1240. The van der Waals surface area contributed by atoms with Crippen molar-refractivity contribution in [3.05, 3.63) is 145 Å². The molecular weight excluding hydrogens is 404 g/mol. The van der Waals surface area contributed by atoms with Crippen molar-refractivity contribution in [2.24, 2.45) is 0 Å². The summed E-state index contributed by atoms with van der Waals surface area (Å²) in [6, 6.07) is 46.7. The molecule has 5 rings (SSSR count). The molecule has 0 amide bonds. The quantitative estimate of drug-likeness (QED) is 0.314. The minimum Gasteiger partial charge on any atom is -0.478 e. The first-order valence-electron chi connectivity index (χ1n) is 10.8. The largest absolute Gasteiger partial charge is 0.478 e. The van der Waals surface area contributed by atoms with E-state index in [-0.39, 0.29) is 0 Å². The third-order valence-electron chi connectivity index (χ3n) is 5.32. The molecule has 1 N–H and O–H groups in total. The molecule has 2 heteroatoms. The van der Waals surface area contributed by atoms with Gasteiger partial charge in [-0.3, -0.25) is 0 Å². The minimum atomic E-state index is -0.879. The molecule has 5 aromatic rings. The van der Waals surface area contributed by atoms with Crippen LogP contribution in [0.3, 0.4) is 0 Å². The van der Waals surface area contributed by atoms with Crippen molar-refractivity contribution in [2.75, 3.05) is 0 Å². The van der Waals surface area contributed by atoms with Gasteiger partial charge in [-0.15, -0.1) is 0 Å². The number of aromatic carboxylic acids is 1. The van der Waals surface area contributed by atoms with Gasteiger partial charge in [-0.2, -0.15) is 0 Å². The number of hydrogen-bond acceptors (Lipinski definition) is 1. The van der Waals surface area contributed by atoms with Crippen LogP contribution in [0.4, 0.5) is 0 Å². The number of benzene rings is 5. The Balaban J connectivity index is 0.000000243. The molecule has 0 heterocycles. The van der Waals surface area contributed by atoms with Crippen LogP contribution < -0.4 is 0 Å². The van der Waals surface area contributed by atoms with E-state index in [9.17, 15) is 4.79 Å². The zero-order valence-electron chi connectivity index (χ0n) is 18.1. The predicted octanol–water partition coefficient (Wildman–Crippen LogP) is 8.07. The normalized spacial score (nSPS) is 10.1. The van der Waals surface area contributed by atoms with Crippen LogP contribution in [0, 0.1) is 0 Å². The fraction of sp³-hybridized carbons (Fsp3) is 0. The van der Waals surface area contributed by atoms with E-state index < -0.39 is 5.97 Å². The van der Waals surface area contributed by atoms with Gasteiger partial charge in [-0.05, 0) is 45.5 Å². The molecule has 0 unspecified atom stereocenters. The van der Waals surface area contributed by atoms with Crippen molar-refractivity contribution in [2.45, 2.75) is 0 Å². The summed E-state index contributed by atoms with van der Waals surface area (Å²) in [5.74, 6) is -0.879. The maximum absolute atomic E-state index is 10.2. The first-order chi connectivity index (χ1) is 16.2. The van der Waals surface area contributed by atoms with Crippen molar-refractivity contribution >= 4 is 5.97 Å². The van der Waals surface area contributed by atoms with Crippen LogP contribution >= 0.6 is 0 Å². The SMILES string of the molecule is O=C(O)c1ccccc1.c1ccc(-c2cccc(-c3ccccc3)c2-c2ccccc2)cc1. The molecule has 0 saturated carbocycles. The average molecular weight is 429 g/mol. The lowest BCUT2D eigenvalue weighted by Gasteiger charge is -2.16. The van der Waals surface area contributed by atoms with E-state index in [1.807, 2.05) is 0 Å². The number of carboxylic acid groups (broad SMARTS) is 1. The van der Waals surface area contributed by atoms with Gasteiger partial charge in [0.05, 0.1) is 5.56 Å². The van der Waals surface area contributed by atoms with Gasteiger partial charge in [-0.1, -0.05) is 127 Å². The molecular formula is C31H24O2. The number of carbonyl (C=O) groups is 1. The second kappa shape index (κ2) is 10.7. The highest BCUT2D eigenvalue weighted by molar-refractivity contribution is 5.94. The molecule has 0 saturated heterocycles. The van der Waals surface area contributed by atoms with E-state index in [1.54, 1.807) is 30.3 Å². The van der Waals surface area contributed by atoms with Crippen LogP contribution in [-0.4, -0.2) is 11.1 Å². The van der Waals surface area contributed by atoms with E-state index in [0.717, 1.165) is 0 Å². The number of rotatable bonds is 4. The van der Waals surface area contributed by atoms with Crippen LogP contribution in [0.2, 0.25) is 0 Å². The maximum atomic E-state index is 10.2. The van der Waals surface area contributed by atoms with Crippen molar-refractivity contribution in [1.82, 2.24) is 0 Å². The van der Waals surface area contributed by atoms with Gasteiger partial charge in [0.15, 0.2) is 0 Å². The molecule has 0 aliphatic rings. The molecule has 0 radical (unpaired) electrons. The van der Waals surface area contributed by atoms with Gasteiger partial charge >= 0.3 is 5.97 Å². The number of hydrogen-bond donors (Lipinski definition) is 1. The predicted molar refractivity (Wildman–Crippen MR) is 136 cm³/mol. The van der Waals surface area contributed by atoms with Crippen LogP contribution in [0.1, 0.15) is 10.4 Å². The standard InChI is InChI=1S/C24H18.C7H6O2/c1-4-11-19(12-5-1)22-17-10-18-23(20-13-6-2-7-14-20)24(22)21-15-8-3-9-16-21;8-7(9)6-4-2-1-3-5-6/h1-18H;1-5H,(H,8,9). The zero-order chi connectivity index (χ0) is 22.9. The fourth-order valence-corrected chi connectivity index (χ4v) is 3.77. The number of carboxylic acids is 1. The van der Waals surface area contributed by atoms with E-state index in [0.29, 0.717) is 5.56 Å². The van der Waals surface area contributed by atoms with Gasteiger partial charge in [0, 0.05) is 0 Å². The topological polar surface area (TPSA) is 37.3 Å². The lowest BCUT2D eigenvalue weighted by Crippen LogP contribution is -1.93. The summed E-state index contributed by atoms with van der Waals surface area (Å²) in [6.07, 6.45) is 0. The highest BCUT2D eigenvalue weighted by atomic mass is 16.4. The minimum absolute atomic E-state index is 0.331. The highest BCUT2D eigenvalue weighted by Crippen LogP contribution is 2.39. The summed E-state index contributed by atoms with van der Waals surface area (Å²) in [5, 5.41) is 8.38. The molecule has 0 aliphatic heterocycles. The third kappa shape index (κ3) is 5.44. The lowest BCUT2D eigenvalue weighted by molar-refractivity contribution is 0.0697. The molecule has 0 aromatic heterocycles. The van der Waals surface area contributed by atoms with E-state index >= 15 is 0 Å². The molecule has 0 atom stereocenters. The molecule has 0 aliphatic carbocycles. The Morgan fingerprint density at radius 2 is 0.788 bits per heavy atom. The monoisotopic (exact) mass is 428 g/mol. The maximum Gasteiger partial charge on any atom is 0.335 e. The Morgan fingerprint density at radius 1 is 0.424 bits per heavy atom. The smallest absolute Gasteiger partial charge is 0.335 e. The molecule has 160 valence electrons. The summed E-state index contributed by atoms with van der Waals surface area (Å²) in [4.78, 5) is 10.2. The first-order valence-corrected chi connectivity index (χ1v) is 10.8. The zero-order valence-corrected chi connectivity index (χ0v) is 18.1. The second-order valence-corrected chi connectivity index (χ2v) is 7.50. The molecule has 2 nitrogen and oxygen atoms in total. The van der Waals surface area contributed by atoms with E-state index in [1.165, 1.54) is 33.4 Å². The van der Waals surface area contributed by atoms with Crippen molar-refractivity contribution in [1.29, 1.82) is 0 Å². The van der Waals surface area contributed by atoms with Crippen LogP contribution in [0.25, 0.3) is 33.4 Å². The van der Waals surface area contributed by atoms with Gasteiger partial charge in [-0.25, -0.2) is 4.79 Å². The Hall–Kier alpha value is -4.43. The summed E-state index contributed by atoms with van der Waals surface area (Å²) in [5.41, 5.74) is 7.89. The van der Waals surface area contributed by atoms with Crippen LogP contribution in [0.5, 0.6) is 0 Å². The summed E-state index contributed by atoms with van der Waals surface area (Å²) in [7, 11) is 0. The van der Waals surface area contributed by atoms with Gasteiger partial charge in [0.2, 0.25) is 0 Å². The second-order valence-electron chi connectivity index (χ2n) is 7.50. The molecule has 0 fully saturated rings. The Morgan fingerprint density at radius 3 is 1.15 bits per heavy atom. The molecule has 5 aromatic carbocycles. The highest BCUT2D eigenvalue weighted by Gasteiger charge is 2.13. The van der Waals surface area contributed by atoms with Gasteiger partial charge in [0.1, 0.15) is 0 Å². The van der Waals surface area contributed by atoms with Gasteiger partial charge in [0.25, 0.3) is 0 Å². The van der Waals surface area contributed by atoms with Crippen molar-refractivity contribution < 1.29 is 9.90 Å². The fourth-order valence-electron chi connectivity index (χ4n) is 3.77. The van der Waals surface area contributed by atoms with E-state index in [2.05, 4.69) is 109 Å². The summed E-state index contributed by atoms with van der Waals surface area (Å²) >= 11 is 0. The van der Waals surface area contributed by atoms with Gasteiger partial charge < -0.3 is 5.11 Å². The summed E-state index contributed by atoms with van der Waals surface area (Å²) in [6.45, 7) is 0. The lowest BCUT2D eigenvalue weighted by atomic mass is 9.88. The van der Waals surface area contributed by atoms with E-state index in [4.69, 9.17) is 5.11 Å². The molecule has 33 heavy (non-hydrogen) atoms. The molecule has 0 bridgehead atoms. The Labute approximate surface area is 194 Å². The van der Waals surface area contributed by atoms with Crippen LogP contribution in [0.15, 0.2) is 140 Å². The third-order valence-corrected chi connectivity index (χ3v) is 5.32. The van der Waals surface area contributed by atoms with Crippen molar-refractivity contribution in [3.63, 3.8) is 0 Å². The van der Waals surface area contributed by atoms with Crippen molar-refractivity contribution in [3.8, 4) is 33.4 Å².